The summed E-state index contributed by atoms with van der Waals surface area (Å²) >= 11 is 0. The smallest absolute Gasteiger partial charge is 0.339 e. The van der Waals surface area contributed by atoms with Crippen molar-refractivity contribution >= 4 is 5.97 Å². The van der Waals surface area contributed by atoms with Crippen molar-refractivity contribution in [2.75, 3.05) is 0 Å². The van der Waals surface area contributed by atoms with Crippen LogP contribution in [-0.2, 0) is 18.0 Å². The lowest BCUT2D eigenvalue weighted by Gasteiger charge is -2.07. The summed E-state index contributed by atoms with van der Waals surface area (Å²) in [5, 5.41) is 9.15. The van der Waals surface area contributed by atoms with Gasteiger partial charge in [0.25, 0.3) is 0 Å². The predicted octanol–water partition coefficient (Wildman–Crippen LogP) is 2.77. The number of carboxylic acids is 1. The molecule has 1 saturated carbocycles. The zero-order chi connectivity index (χ0) is 14.7. The molecule has 1 N–H and O–H groups in total. The number of benzene rings is 1. The molecule has 0 bridgehead atoms. The van der Waals surface area contributed by atoms with E-state index in [1.165, 1.54) is 6.20 Å². The van der Waals surface area contributed by atoms with E-state index < -0.39 is 5.97 Å². The Bertz CT molecular complexity index is 639. The van der Waals surface area contributed by atoms with Gasteiger partial charge in [0.2, 0.25) is 0 Å². The van der Waals surface area contributed by atoms with Gasteiger partial charge < -0.3 is 9.84 Å². The molecule has 5 nitrogen and oxygen atoms in total. The van der Waals surface area contributed by atoms with Crippen LogP contribution in [0.15, 0.2) is 36.5 Å². The molecule has 1 aliphatic rings. The molecule has 108 valence electrons. The van der Waals surface area contributed by atoms with Crippen LogP contribution in [0.25, 0.3) is 0 Å². The van der Waals surface area contributed by atoms with Gasteiger partial charge in [0.1, 0.15) is 6.61 Å². The minimum atomic E-state index is -0.964. The minimum absolute atomic E-state index is 0.212. The van der Waals surface area contributed by atoms with Crippen molar-refractivity contribution in [3.05, 3.63) is 59.2 Å². The second kappa shape index (κ2) is 6.01. The summed E-state index contributed by atoms with van der Waals surface area (Å²) in [6.07, 6.45) is 3.40. The van der Waals surface area contributed by atoms with Crippen molar-refractivity contribution in [2.24, 2.45) is 0 Å². The van der Waals surface area contributed by atoms with Gasteiger partial charge in [-0.15, -0.1) is 0 Å². The molecule has 21 heavy (non-hydrogen) atoms. The first-order chi connectivity index (χ1) is 10.2. The second-order valence-electron chi connectivity index (χ2n) is 5.14. The molecule has 0 unspecified atom stereocenters. The quantitative estimate of drug-likeness (QED) is 0.883. The second-order valence-corrected chi connectivity index (χ2v) is 5.14. The fourth-order valence-corrected chi connectivity index (χ4v) is 2.17. The van der Waals surface area contributed by atoms with Crippen molar-refractivity contribution in [3.63, 3.8) is 0 Å². The van der Waals surface area contributed by atoms with E-state index in [0.29, 0.717) is 18.1 Å². The highest BCUT2D eigenvalue weighted by molar-refractivity contribution is 5.88. The Morgan fingerprint density at radius 2 is 2.00 bits per heavy atom. The fraction of sp³-hybridized carbons (Fsp3) is 0.312. The maximum absolute atomic E-state index is 11.2. The van der Waals surface area contributed by atoms with E-state index in [2.05, 4.69) is 9.97 Å². The highest BCUT2D eigenvalue weighted by Gasteiger charge is 2.30. The van der Waals surface area contributed by atoms with Crippen molar-refractivity contribution in [1.29, 1.82) is 0 Å². The Morgan fingerprint density at radius 1 is 1.24 bits per heavy atom. The van der Waals surface area contributed by atoms with Crippen LogP contribution in [0.4, 0.5) is 0 Å². The lowest BCUT2D eigenvalue weighted by Crippen LogP contribution is -2.09. The summed E-state index contributed by atoms with van der Waals surface area (Å²) in [6.45, 7) is 0.776. The molecule has 0 spiro atoms. The van der Waals surface area contributed by atoms with Crippen molar-refractivity contribution in [2.45, 2.75) is 32.0 Å². The van der Waals surface area contributed by atoms with Gasteiger partial charge in [0, 0.05) is 12.1 Å². The van der Waals surface area contributed by atoms with Crippen LogP contribution in [0.2, 0.25) is 0 Å². The Hall–Kier alpha value is -2.27. The third-order valence-corrected chi connectivity index (χ3v) is 3.41. The monoisotopic (exact) mass is 284 g/mol. The van der Waals surface area contributed by atoms with Crippen LogP contribution in [0.3, 0.4) is 0 Å². The highest BCUT2D eigenvalue weighted by atomic mass is 16.5. The van der Waals surface area contributed by atoms with Crippen molar-refractivity contribution < 1.29 is 14.6 Å². The van der Waals surface area contributed by atoms with Crippen LogP contribution in [-0.4, -0.2) is 21.0 Å². The van der Waals surface area contributed by atoms with Crippen LogP contribution in [0.1, 0.15) is 46.2 Å². The molecule has 2 aromatic rings. The number of hydrogen-bond donors (Lipinski definition) is 1. The van der Waals surface area contributed by atoms with Gasteiger partial charge >= 0.3 is 5.97 Å². The summed E-state index contributed by atoms with van der Waals surface area (Å²) < 4.78 is 5.59. The minimum Gasteiger partial charge on any atom is -0.478 e. The lowest BCUT2D eigenvalue weighted by atomic mass is 10.1. The summed E-state index contributed by atoms with van der Waals surface area (Å²) in [5.74, 6) is -0.154. The average Bonchev–Trinajstić information content (AvgIpc) is 3.33. The molecule has 1 aromatic carbocycles. The van der Waals surface area contributed by atoms with Gasteiger partial charge in [-0.3, -0.25) is 0 Å². The van der Waals surface area contributed by atoms with E-state index in [9.17, 15) is 4.79 Å². The third kappa shape index (κ3) is 3.44. The van der Waals surface area contributed by atoms with E-state index in [1.807, 2.05) is 30.3 Å². The number of nitrogens with zero attached hydrogens (tertiary/aromatic N) is 2. The van der Waals surface area contributed by atoms with Gasteiger partial charge in [-0.2, -0.15) is 0 Å². The molecule has 0 saturated heterocycles. The topological polar surface area (TPSA) is 72.3 Å². The first-order valence-corrected chi connectivity index (χ1v) is 6.95. The first kappa shape index (κ1) is 13.7. The summed E-state index contributed by atoms with van der Waals surface area (Å²) in [5.41, 5.74) is 1.95. The Labute approximate surface area is 122 Å². The van der Waals surface area contributed by atoms with Crippen LogP contribution in [0.5, 0.6) is 0 Å². The largest absolute Gasteiger partial charge is 0.478 e. The summed E-state index contributed by atoms with van der Waals surface area (Å²) in [4.78, 5) is 19.6. The van der Waals surface area contributed by atoms with Gasteiger partial charge in [0.15, 0.2) is 5.82 Å². The maximum atomic E-state index is 11.2. The third-order valence-electron chi connectivity index (χ3n) is 3.41. The maximum Gasteiger partial charge on any atom is 0.339 e. The highest BCUT2D eigenvalue weighted by Crippen LogP contribution is 2.40. The van der Waals surface area contributed by atoms with Crippen LogP contribution < -0.4 is 0 Å². The lowest BCUT2D eigenvalue weighted by molar-refractivity contribution is 0.0693. The van der Waals surface area contributed by atoms with Crippen molar-refractivity contribution in [1.82, 2.24) is 9.97 Å². The van der Waals surface area contributed by atoms with E-state index in [0.717, 1.165) is 18.4 Å². The van der Waals surface area contributed by atoms with Gasteiger partial charge in [-0.1, -0.05) is 30.3 Å². The number of carboxylic acid groups (broad SMARTS) is 1. The predicted molar refractivity (Wildman–Crippen MR) is 75.9 cm³/mol. The van der Waals surface area contributed by atoms with Gasteiger partial charge in [0.05, 0.1) is 17.9 Å². The van der Waals surface area contributed by atoms with E-state index in [1.54, 1.807) is 0 Å². The molecule has 1 fully saturated rings. The Balaban J connectivity index is 1.66. The fourth-order valence-electron chi connectivity index (χ4n) is 2.17. The van der Waals surface area contributed by atoms with Gasteiger partial charge in [-0.25, -0.2) is 14.8 Å². The van der Waals surface area contributed by atoms with E-state index >= 15 is 0 Å². The molecular formula is C16H16N2O3. The van der Waals surface area contributed by atoms with Crippen LogP contribution in [0, 0.1) is 0 Å². The zero-order valence-corrected chi connectivity index (χ0v) is 11.5. The van der Waals surface area contributed by atoms with E-state index in [-0.39, 0.29) is 18.1 Å². The molecule has 0 amide bonds. The normalized spacial score (nSPS) is 14.1. The molecule has 1 heterocycles. The SMILES string of the molecule is O=C(O)c1cnc(COCc2ccccc2)nc1C1CC1. The molecule has 1 aromatic heterocycles. The van der Waals surface area contributed by atoms with Crippen LogP contribution >= 0.6 is 0 Å². The summed E-state index contributed by atoms with van der Waals surface area (Å²) in [7, 11) is 0. The Kier molecular flexibility index (Phi) is 3.92. The molecule has 5 heteroatoms. The molecule has 3 rings (SSSR count). The summed E-state index contributed by atoms with van der Waals surface area (Å²) in [6, 6.07) is 9.86. The standard InChI is InChI=1S/C16H16N2O3/c19-16(20)13-8-17-14(18-15(13)12-6-7-12)10-21-9-11-4-2-1-3-5-11/h1-5,8,12H,6-7,9-10H2,(H,19,20). The first-order valence-electron chi connectivity index (χ1n) is 6.95. The Morgan fingerprint density at radius 3 is 2.67 bits per heavy atom. The van der Waals surface area contributed by atoms with Crippen molar-refractivity contribution in [3.8, 4) is 0 Å². The average molecular weight is 284 g/mol. The molecular weight excluding hydrogens is 268 g/mol. The molecule has 0 aliphatic heterocycles. The number of ether oxygens (including phenoxy) is 1. The number of aromatic nitrogens is 2. The number of carbonyl (C=O) groups is 1. The zero-order valence-electron chi connectivity index (χ0n) is 11.5. The molecule has 1 aliphatic carbocycles. The van der Waals surface area contributed by atoms with E-state index in [4.69, 9.17) is 9.84 Å². The molecule has 0 atom stereocenters. The number of aromatic carboxylic acids is 1. The number of hydrogen-bond acceptors (Lipinski definition) is 4. The molecule has 0 radical (unpaired) electrons. The number of rotatable bonds is 6. The van der Waals surface area contributed by atoms with Gasteiger partial charge in [-0.05, 0) is 18.4 Å².